The molecule has 1 saturated heterocycles. The van der Waals surface area contributed by atoms with E-state index < -0.39 is 6.36 Å². The second-order valence-corrected chi connectivity index (χ2v) is 2.20. The predicted molar refractivity (Wildman–Crippen MR) is 30.9 cm³/mol. The topological polar surface area (TPSA) is 18.5 Å². The van der Waals surface area contributed by atoms with Crippen LogP contribution in [0.3, 0.4) is 0 Å². The van der Waals surface area contributed by atoms with Gasteiger partial charge in [-0.25, -0.2) is 4.39 Å². The van der Waals surface area contributed by atoms with Gasteiger partial charge in [-0.2, -0.15) is 0 Å². The molecular formula is C6H11FO2. The summed E-state index contributed by atoms with van der Waals surface area (Å²) in [6.07, 6.45) is 0.249. The van der Waals surface area contributed by atoms with E-state index in [9.17, 15) is 4.39 Å². The third-order valence-electron chi connectivity index (χ3n) is 1.41. The highest BCUT2D eigenvalue weighted by Crippen LogP contribution is 2.19. The molecule has 0 aromatic heterocycles. The van der Waals surface area contributed by atoms with Crippen LogP contribution in [0.25, 0.3) is 0 Å². The smallest absolute Gasteiger partial charge is 0.199 e. The van der Waals surface area contributed by atoms with E-state index in [2.05, 4.69) is 0 Å². The third-order valence-corrected chi connectivity index (χ3v) is 1.41. The third kappa shape index (κ3) is 1.91. The molecule has 0 amide bonds. The first kappa shape index (κ1) is 6.96. The van der Waals surface area contributed by atoms with Gasteiger partial charge >= 0.3 is 0 Å². The van der Waals surface area contributed by atoms with E-state index in [1.54, 1.807) is 7.11 Å². The number of methoxy groups -OCH3 is 1. The summed E-state index contributed by atoms with van der Waals surface area (Å²) in [5.41, 5.74) is 0. The summed E-state index contributed by atoms with van der Waals surface area (Å²) >= 11 is 0. The number of ether oxygens (including phenoxy) is 2. The van der Waals surface area contributed by atoms with Crippen LogP contribution in [0.1, 0.15) is 12.8 Å². The molecule has 1 fully saturated rings. The monoisotopic (exact) mass is 134 g/mol. The summed E-state index contributed by atoms with van der Waals surface area (Å²) in [6.45, 7) is 0.514. The molecule has 0 N–H and O–H groups in total. The van der Waals surface area contributed by atoms with Crippen molar-refractivity contribution in [2.75, 3.05) is 13.7 Å². The first-order valence-electron chi connectivity index (χ1n) is 3.11. The summed E-state index contributed by atoms with van der Waals surface area (Å²) in [6, 6.07) is 0. The van der Waals surface area contributed by atoms with Gasteiger partial charge < -0.3 is 9.47 Å². The zero-order valence-electron chi connectivity index (χ0n) is 5.47. The van der Waals surface area contributed by atoms with Gasteiger partial charge in [-0.1, -0.05) is 0 Å². The highest BCUT2D eigenvalue weighted by Gasteiger charge is 2.23. The molecule has 1 rings (SSSR count). The maximum absolute atomic E-state index is 12.2. The maximum atomic E-state index is 12.2. The molecule has 54 valence electrons. The van der Waals surface area contributed by atoms with Gasteiger partial charge in [0, 0.05) is 13.5 Å². The van der Waals surface area contributed by atoms with E-state index in [4.69, 9.17) is 9.47 Å². The Morgan fingerprint density at radius 3 is 2.89 bits per heavy atom. The zero-order chi connectivity index (χ0) is 6.69. The molecule has 2 atom stereocenters. The molecule has 0 saturated carbocycles. The molecular weight excluding hydrogens is 123 g/mol. The van der Waals surface area contributed by atoms with Crippen molar-refractivity contribution in [3.63, 3.8) is 0 Å². The number of hydrogen-bond acceptors (Lipinski definition) is 2. The van der Waals surface area contributed by atoms with Crippen LogP contribution in [-0.4, -0.2) is 26.2 Å². The molecule has 3 heteroatoms. The van der Waals surface area contributed by atoms with Crippen molar-refractivity contribution < 1.29 is 13.9 Å². The van der Waals surface area contributed by atoms with Crippen LogP contribution in [-0.2, 0) is 9.47 Å². The summed E-state index contributed by atoms with van der Waals surface area (Å²) in [5.74, 6) is 0. The van der Waals surface area contributed by atoms with Gasteiger partial charge in [-0.15, -0.1) is 0 Å². The Labute approximate surface area is 54.0 Å². The van der Waals surface area contributed by atoms with Crippen molar-refractivity contribution in [2.24, 2.45) is 0 Å². The predicted octanol–water partition coefficient (Wildman–Crippen LogP) is 1.11. The van der Waals surface area contributed by atoms with Crippen LogP contribution >= 0.6 is 0 Å². The highest BCUT2D eigenvalue weighted by molar-refractivity contribution is 4.65. The fourth-order valence-corrected chi connectivity index (χ4v) is 0.970. The van der Waals surface area contributed by atoms with Gasteiger partial charge in [-0.05, 0) is 6.42 Å². The van der Waals surface area contributed by atoms with Crippen LogP contribution < -0.4 is 0 Å². The average molecular weight is 134 g/mol. The Morgan fingerprint density at radius 2 is 2.44 bits per heavy atom. The summed E-state index contributed by atoms with van der Waals surface area (Å²) in [4.78, 5) is 0. The van der Waals surface area contributed by atoms with Gasteiger partial charge in [0.25, 0.3) is 0 Å². The molecule has 0 aliphatic carbocycles. The summed E-state index contributed by atoms with van der Waals surface area (Å²) in [7, 11) is 1.59. The molecule has 1 aliphatic rings. The minimum atomic E-state index is -1.05. The first-order valence-corrected chi connectivity index (χ1v) is 3.11. The Bertz CT molecular complexity index is 85.1. The van der Waals surface area contributed by atoms with E-state index in [1.807, 2.05) is 0 Å². The quantitative estimate of drug-likeness (QED) is 0.563. The van der Waals surface area contributed by atoms with E-state index in [0.717, 1.165) is 6.42 Å². The number of alkyl halides is 1. The van der Waals surface area contributed by atoms with Crippen LogP contribution in [0.15, 0.2) is 0 Å². The lowest BCUT2D eigenvalue weighted by molar-refractivity contribution is -0.0578. The van der Waals surface area contributed by atoms with Crippen molar-refractivity contribution >= 4 is 0 Å². The van der Waals surface area contributed by atoms with Gasteiger partial charge in [0.05, 0.1) is 12.7 Å². The largest absolute Gasteiger partial charge is 0.382 e. The molecule has 9 heavy (non-hydrogen) atoms. The minimum absolute atomic E-state index is 0.00926. The van der Waals surface area contributed by atoms with Crippen molar-refractivity contribution in [2.45, 2.75) is 25.3 Å². The van der Waals surface area contributed by atoms with Gasteiger partial charge in [0.15, 0.2) is 6.36 Å². The first-order chi connectivity index (χ1) is 4.33. The number of rotatable bonds is 2. The SMILES string of the molecule is COC[C@@H]1CCC(F)O1. The minimum Gasteiger partial charge on any atom is -0.382 e. The normalized spacial score (nSPS) is 35.3. The van der Waals surface area contributed by atoms with E-state index in [0.29, 0.717) is 13.0 Å². The fraction of sp³-hybridized carbons (Fsp3) is 1.00. The molecule has 1 unspecified atom stereocenters. The van der Waals surface area contributed by atoms with Crippen molar-refractivity contribution in [1.82, 2.24) is 0 Å². The van der Waals surface area contributed by atoms with Crippen LogP contribution in [0, 0.1) is 0 Å². The molecule has 0 radical (unpaired) electrons. The Morgan fingerprint density at radius 1 is 1.67 bits per heavy atom. The molecule has 0 aromatic rings. The fourth-order valence-electron chi connectivity index (χ4n) is 0.970. The van der Waals surface area contributed by atoms with Crippen LogP contribution in [0.4, 0.5) is 4.39 Å². The van der Waals surface area contributed by atoms with Crippen molar-refractivity contribution in [1.29, 1.82) is 0 Å². The zero-order valence-corrected chi connectivity index (χ0v) is 5.47. The van der Waals surface area contributed by atoms with E-state index >= 15 is 0 Å². The Kier molecular flexibility index (Phi) is 2.42. The van der Waals surface area contributed by atoms with Gasteiger partial charge in [0.1, 0.15) is 0 Å². The maximum Gasteiger partial charge on any atom is 0.199 e. The lowest BCUT2D eigenvalue weighted by Crippen LogP contribution is -2.13. The highest BCUT2D eigenvalue weighted by atomic mass is 19.1. The Balaban J connectivity index is 2.14. The van der Waals surface area contributed by atoms with Crippen LogP contribution in [0.2, 0.25) is 0 Å². The summed E-state index contributed by atoms with van der Waals surface area (Å²) in [5, 5.41) is 0. The Hall–Kier alpha value is -0.150. The number of halogens is 1. The molecule has 2 nitrogen and oxygen atoms in total. The molecule has 1 heterocycles. The van der Waals surface area contributed by atoms with Gasteiger partial charge in [0.2, 0.25) is 0 Å². The average Bonchev–Trinajstić information content (AvgIpc) is 2.17. The second kappa shape index (κ2) is 3.13. The number of hydrogen-bond donors (Lipinski definition) is 0. The molecule has 0 bridgehead atoms. The van der Waals surface area contributed by atoms with Gasteiger partial charge in [-0.3, -0.25) is 0 Å². The molecule has 1 aliphatic heterocycles. The summed E-state index contributed by atoms with van der Waals surface area (Å²) < 4.78 is 21.8. The molecule has 0 spiro atoms. The van der Waals surface area contributed by atoms with E-state index in [1.165, 1.54) is 0 Å². The van der Waals surface area contributed by atoms with Crippen LogP contribution in [0.5, 0.6) is 0 Å². The lowest BCUT2D eigenvalue weighted by atomic mass is 10.2. The lowest BCUT2D eigenvalue weighted by Gasteiger charge is -2.06. The second-order valence-electron chi connectivity index (χ2n) is 2.20. The standard InChI is InChI=1S/C6H11FO2/c1-8-4-5-2-3-6(7)9-5/h5-6H,2-4H2,1H3/t5-,6?/m0/s1. The van der Waals surface area contributed by atoms with Crippen molar-refractivity contribution in [3.8, 4) is 0 Å². The van der Waals surface area contributed by atoms with E-state index in [-0.39, 0.29) is 6.10 Å². The molecule has 0 aromatic carbocycles. The van der Waals surface area contributed by atoms with Crippen molar-refractivity contribution in [3.05, 3.63) is 0 Å².